The summed E-state index contributed by atoms with van der Waals surface area (Å²) in [4.78, 5) is 25.1. The Morgan fingerprint density at radius 3 is 2.64 bits per heavy atom. The van der Waals surface area contributed by atoms with Gasteiger partial charge in [-0.1, -0.05) is 24.3 Å². The van der Waals surface area contributed by atoms with E-state index >= 15 is 0 Å². The van der Waals surface area contributed by atoms with Gasteiger partial charge in [-0.3, -0.25) is 9.69 Å². The van der Waals surface area contributed by atoms with Crippen LogP contribution < -0.4 is 16.2 Å². The zero-order valence-electron chi connectivity index (χ0n) is 14.8. The summed E-state index contributed by atoms with van der Waals surface area (Å²) in [6.45, 7) is 0.772. The van der Waals surface area contributed by atoms with Crippen molar-refractivity contribution >= 4 is 11.8 Å². The van der Waals surface area contributed by atoms with Crippen LogP contribution in [0.2, 0.25) is 0 Å². The van der Waals surface area contributed by atoms with E-state index in [-0.39, 0.29) is 18.6 Å². The number of hydrogen-bond donors (Lipinski definition) is 2. The van der Waals surface area contributed by atoms with E-state index in [1.165, 1.54) is 15.6 Å². The minimum absolute atomic E-state index is 0.148. The smallest absolute Gasteiger partial charge is 0.414 e. The summed E-state index contributed by atoms with van der Waals surface area (Å²) in [5.41, 5.74) is 7.78. The SMILES string of the molecule is NCc1ccc(-c2ccc(N3C[C@H](Cn4[nH]ncc4=O)OC3=O)cc2F)cc1. The van der Waals surface area contributed by atoms with Gasteiger partial charge in [0.15, 0.2) is 0 Å². The number of aromatic nitrogens is 3. The van der Waals surface area contributed by atoms with Crippen molar-refractivity contribution in [3.8, 4) is 11.1 Å². The van der Waals surface area contributed by atoms with Crippen LogP contribution in [0.15, 0.2) is 53.5 Å². The number of aromatic amines is 1. The van der Waals surface area contributed by atoms with Gasteiger partial charge in [0, 0.05) is 12.1 Å². The second-order valence-electron chi connectivity index (χ2n) is 6.49. The first kappa shape index (κ1) is 17.9. The van der Waals surface area contributed by atoms with E-state index in [2.05, 4.69) is 10.3 Å². The summed E-state index contributed by atoms with van der Waals surface area (Å²) in [5.74, 6) is -0.445. The lowest BCUT2D eigenvalue weighted by Gasteiger charge is -2.14. The molecule has 3 N–H and O–H groups in total. The summed E-state index contributed by atoms with van der Waals surface area (Å²) in [5, 5.41) is 6.16. The average Bonchev–Trinajstić information content (AvgIpc) is 3.27. The number of halogens is 1. The molecule has 1 saturated heterocycles. The molecule has 9 heteroatoms. The largest absolute Gasteiger partial charge is 0.442 e. The minimum atomic E-state index is -0.586. The van der Waals surface area contributed by atoms with E-state index in [1.54, 1.807) is 12.1 Å². The first-order valence-corrected chi connectivity index (χ1v) is 8.72. The number of rotatable bonds is 5. The van der Waals surface area contributed by atoms with Gasteiger partial charge in [-0.25, -0.2) is 19.1 Å². The molecule has 0 radical (unpaired) electrons. The van der Waals surface area contributed by atoms with Crippen molar-refractivity contribution in [2.24, 2.45) is 5.73 Å². The summed E-state index contributed by atoms with van der Waals surface area (Å²) in [6, 6.07) is 11.9. The van der Waals surface area contributed by atoms with E-state index in [0.29, 0.717) is 17.8 Å². The third-order valence-corrected chi connectivity index (χ3v) is 4.64. The van der Waals surface area contributed by atoms with Crippen molar-refractivity contribution in [2.45, 2.75) is 19.2 Å². The predicted molar refractivity (Wildman–Crippen MR) is 100 cm³/mol. The van der Waals surface area contributed by atoms with Crippen LogP contribution in [0, 0.1) is 5.82 Å². The fraction of sp³-hybridized carbons (Fsp3) is 0.211. The van der Waals surface area contributed by atoms with Gasteiger partial charge in [0.2, 0.25) is 0 Å². The standard InChI is InChI=1S/C19H18FN5O3/c20-17-7-14(5-6-16(17)13-3-1-12(8-21)2-4-13)24-10-15(28-19(24)27)11-25-18(26)9-22-23-25/h1-7,9,15,23H,8,10-11,21H2/t15-/m1/s1. The number of H-pyrrole nitrogens is 1. The second-order valence-corrected chi connectivity index (χ2v) is 6.49. The second kappa shape index (κ2) is 7.28. The van der Waals surface area contributed by atoms with Crippen LogP contribution in [0.5, 0.6) is 0 Å². The van der Waals surface area contributed by atoms with Crippen LogP contribution >= 0.6 is 0 Å². The molecule has 2 heterocycles. The molecule has 0 unspecified atom stereocenters. The molecule has 1 amide bonds. The zero-order chi connectivity index (χ0) is 19.7. The number of hydrogen-bond acceptors (Lipinski definition) is 5. The first-order valence-electron chi connectivity index (χ1n) is 8.72. The molecule has 0 bridgehead atoms. The predicted octanol–water partition coefficient (Wildman–Crippen LogP) is 1.86. The minimum Gasteiger partial charge on any atom is -0.442 e. The van der Waals surface area contributed by atoms with Crippen LogP contribution in [-0.2, 0) is 17.8 Å². The average molecular weight is 383 g/mol. The van der Waals surface area contributed by atoms with E-state index in [4.69, 9.17) is 10.5 Å². The Kier molecular flexibility index (Phi) is 4.66. The van der Waals surface area contributed by atoms with Crippen molar-refractivity contribution < 1.29 is 13.9 Å². The van der Waals surface area contributed by atoms with Crippen molar-refractivity contribution in [3.63, 3.8) is 0 Å². The van der Waals surface area contributed by atoms with Crippen LogP contribution in [0.25, 0.3) is 11.1 Å². The van der Waals surface area contributed by atoms with Gasteiger partial charge in [0.05, 0.1) is 18.8 Å². The Balaban J connectivity index is 1.52. The van der Waals surface area contributed by atoms with Gasteiger partial charge in [0.25, 0.3) is 5.56 Å². The van der Waals surface area contributed by atoms with E-state index < -0.39 is 18.0 Å². The zero-order valence-corrected chi connectivity index (χ0v) is 14.8. The lowest BCUT2D eigenvalue weighted by atomic mass is 10.0. The first-order chi connectivity index (χ1) is 13.5. The molecule has 1 aliphatic rings. The normalized spacial score (nSPS) is 16.4. The Labute approximate surface area is 159 Å². The number of benzene rings is 2. The van der Waals surface area contributed by atoms with Gasteiger partial charge < -0.3 is 10.5 Å². The number of anilines is 1. The molecule has 8 nitrogen and oxygen atoms in total. The molecule has 1 atom stereocenters. The maximum Gasteiger partial charge on any atom is 0.414 e. The third-order valence-electron chi connectivity index (χ3n) is 4.64. The lowest BCUT2D eigenvalue weighted by molar-refractivity contribution is 0.128. The third kappa shape index (κ3) is 3.39. The van der Waals surface area contributed by atoms with Crippen LogP contribution in [0.3, 0.4) is 0 Å². The van der Waals surface area contributed by atoms with Crippen molar-refractivity contribution in [1.82, 2.24) is 15.0 Å². The van der Waals surface area contributed by atoms with E-state index in [9.17, 15) is 14.0 Å². The molecule has 4 rings (SSSR count). The number of ether oxygens (including phenoxy) is 1. The Morgan fingerprint density at radius 1 is 1.21 bits per heavy atom. The van der Waals surface area contributed by atoms with Crippen molar-refractivity contribution in [3.05, 3.63) is 70.4 Å². The fourth-order valence-electron chi connectivity index (χ4n) is 3.16. The molecule has 1 aliphatic heterocycles. The lowest BCUT2D eigenvalue weighted by Crippen LogP contribution is -2.29. The van der Waals surface area contributed by atoms with Crippen molar-refractivity contribution in [1.29, 1.82) is 0 Å². The molecular formula is C19H18FN5O3. The number of carbonyl (C=O) groups excluding carboxylic acids is 1. The Bertz CT molecular complexity index is 1060. The number of cyclic esters (lactones) is 1. The van der Waals surface area contributed by atoms with Crippen LogP contribution in [0.1, 0.15) is 5.56 Å². The Hall–Kier alpha value is -3.46. The Morgan fingerprint density at radius 2 is 2.00 bits per heavy atom. The number of nitrogens with one attached hydrogen (secondary N) is 1. The fourth-order valence-corrected chi connectivity index (χ4v) is 3.16. The number of nitrogens with two attached hydrogens (primary N) is 1. The maximum atomic E-state index is 14.7. The number of carbonyl (C=O) groups is 1. The van der Waals surface area contributed by atoms with Crippen LogP contribution in [-0.4, -0.2) is 33.7 Å². The van der Waals surface area contributed by atoms with Gasteiger partial charge >= 0.3 is 6.09 Å². The van der Waals surface area contributed by atoms with E-state index in [0.717, 1.165) is 17.3 Å². The highest BCUT2D eigenvalue weighted by atomic mass is 19.1. The monoisotopic (exact) mass is 383 g/mol. The maximum absolute atomic E-state index is 14.7. The summed E-state index contributed by atoms with van der Waals surface area (Å²) in [6.07, 6.45) is 0.0112. The topological polar surface area (TPSA) is 106 Å². The number of nitrogens with zero attached hydrogens (tertiary/aromatic N) is 3. The molecule has 0 saturated carbocycles. The summed E-state index contributed by atoms with van der Waals surface area (Å²) < 4.78 is 21.2. The molecule has 0 spiro atoms. The molecular weight excluding hydrogens is 365 g/mol. The highest BCUT2D eigenvalue weighted by Crippen LogP contribution is 2.29. The summed E-state index contributed by atoms with van der Waals surface area (Å²) in [7, 11) is 0. The molecule has 2 aromatic carbocycles. The molecule has 1 aromatic heterocycles. The summed E-state index contributed by atoms with van der Waals surface area (Å²) >= 11 is 0. The number of amides is 1. The van der Waals surface area contributed by atoms with Gasteiger partial charge in [-0.15, -0.1) is 0 Å². The highest BCUT2D eigenvalue weighted by Gasteiger charge is 2.33. The molecule has 144 valence electrons. The van der Waals surface area contributed by atoms with Crippen LogP contribution in [0.4, 0.5) is 14.9 Å². The molecule has 1 fully saturated rings. The van der Waals surface area contributed by atoms with Gasteiger partial charge in [-0.05, 0) is 29.3 Å². The van der Waals surface area contributed by atoms with Gasteiger partial charge in [0.1, 0.15) is 18.1 Å². The highest BCUT2D eigenvalue weighted by molar-refractivity contribution is 5.90. The van der Waals surface area contributed by atoms with Crippen molar-refractivity contribution in [2.75, 3.05) is 11.4 Å². The molecule has 3 aromatic rings. The van der Waals surface area contributed by atoms with E-state index in [1.807, 2.05) is 24.3 Å². The van der Waals surface area contributed by atoms with Gasteiger partial charge in [-0.2, -0.15) is 5.10 Å². The molecule has 28 heavy (non-hydrogen) atoms. The molecule has 0 aliphatic carbocycles. The quantitative estimate of drug-likeness (QED) is 0.700.